The van der Waals surface area contributed by atoms with Gasteiger partial charge in [0.05, 0.1) is 14.2 Å². The second kappa shape index (κ2) is 9.37. The van der Waals surface area contributed by atoms with Gasteiger partial charge < -0.3 is 18.9 Å². The van der Waals surface area contributed by atoms with E-state index in [0.29, 0.717) is 18.1 Å². The van der Waals surface area contributed by atoms with Crippen molar-refractivity contribution < 1.29 is 23.7 Å². The maximum Gasteiger partial charge on any atom is 0.330 e. The standard InChI is InChI=1S/C20H22O5/c1-15-5-4-6-18(13-15)24-11-12-25-20(21)10-7-16-14-17(22-2)8-9-19(16)23-3/h4-10,13-14H,11-12H2,1-3H3/b10-7+. The van der Waals surface area contributed by atoms with Crippen LogP contribution in [0.25, 0.3) is 6.08 Å². The zero-order chi connectivity index (χ0) is 18.1. The van der Waals surface area contributed by atoms with E-state index in [-0.39, 0.29) is 6.61 Å². The molecule has 5 nitrogen and oxygen atoms in total. The first kappa shape index (κ1) is 18.4. The Morgan fingerprint density at radius 3 is 2.56 bits per heavy atom. The fourth-order valence-corrected chi connectivity index (χ4v) is 2.18. The maximum atomic E-state index is 11.8. The van der Waals surface area contributed by atoms with Crippen LogP contribution in [0.4, 0.5) is 0 Å². The normalized spacial score (nSPS) is 10.5. The van der Waals surface area contributed by atoms with Gasteiger partial charge in [-0.2, -0.15) is 0 Å². The number of methoxy groups -OCH3 is 2. The van der Waals surface area contributed by atoms with Crippen LogP contribution >= 0.6 is 0 Å². The highest BCUT2D eigenvalue weighted by Gasteiger charge is 2.04. The molecule has 0 aliphatic rings. The molecule has 2 aromatic carbocycles. The zero-order valence-electron chi connectivity index (χ0n) is 14.7. The van der Waals surface area contributed by atoms with Crippen LogP contribution in [0.3, 0.4) is 0 Å². The maximum absolute atomic E-state index is 11.8. The molecule has 0 unspecified atom stereocenters. The average molecular weight is 342 g/mol. The first-order chi connectivity index (χ1) is 12.1. The van der Waals surface area contributed by atoms with E-state index in [0.717, 1.165) is 16.9 Å². The molecule has 0 N–H and O–H groups in total. The summed E-state index contributed by atoms with van der Waals surface area (Å²) in [4.78, 5) is 11.8. The SMILES string of the molecule is COc1ccc(OC)c(/C=C/C(=O)OCCOc2cccc(C)c2)c1. The highest BCUT2D eigenvalue weighted by Crippen LogP contribution is 2.25. The number of rotatable bonds is 8. The number of hydrogen-bond acceptors (Lipinski definition) is 5. The van der Waals surface area contributed by atoms with Crippen molar-refractivity contribution in [2.75, 3.05) is 27.4 Å². The fourth-order valence-electron chi connectivity index (χ4n) is 2.18. The minimum atomic E-state index is -0.447. The predicted molar refractivity (Wildman–Crippen MR) is 96.2 cm³/mol. The summed E-state index contributed by atoms with van der Waals surface area (Å²) >= 11 is 0. The molecule has 25 heavy (non-hydrogen) atoms. The molecule has 0 spiro atoms. The molecule has 0 fully saturated rings. The van der Waals surface area contributed by atoms with E-state index in [4.69, 9.17) is 18.9 Å². The topological polar surface area (TPSA) is 54.0 Å². The number of aryl methyl sites for hydroxylation is 1. The van der Waals surface area contributed by atoms with Gasteiger partial charge in [-0.3, -0.25) is 0 Å². The lowest BCUT2D eigenvalue weighted by molar-refractivity contribution is -0.138. The Hall–Kier alpha value is -2.95. The lowest BCUT2D eigenvalue weighted by Crippen LogP contribution is -2.10. The number of esters is 1. The molecule has 0 saturated carbocycles. The lowest BCUT2D eigenvalue weighted by Gasteiger charge is -2.08. The summed E-state index contributed by atoms with van der Waals surface area (Å²) in [5.41, 5.74) is 1.85. The van der Waals surface area contributed by atoms with Crippen molar-refractivity contribution in [1.82, 2.24) is 0 Å². The molecule has 5 heteroatoms. The Balaban J connectivity index is 1.82. The van der Waals surface area contributed by atoms with Gasteiger partial charge in [0.1, 0.15) is 30.5 Å². The predicted octanol–water partition coefficient (Wildman–Crippen LogP) is 3.65. The highest BCUT2D eigenvalue weighted by molar-refractivity contribution is 5.87. The molecular weight excluding hydrogens is 320 g/mol. The first-order valence-electron chi connectivity index (χ1n) is 7.88. The van der Waals surface area contributed by atoms with Crippen molar-refractivity contribution in [1.29, 1.82) is 0 Å². The second-order valence-electron chi connectivity index (χ2n) is 5.27. The molecule has 0 heterocycles. The summed E-state index contributed by atoms with van der Waals surface area (Å²) in [6.45, 7) is 2.46. The number of ether oxygens (including phenoxy) is 4. The molecule has 0 atom stereocenters. The van der Waals surface area contributed by atoms with Crippen LogP contribution in [0.5, 0.6) is 17.2 Å². The summed E-state index contributed by atoms with van der Waals surface area (Å²) in [6.07, 6.45) is 2.98. The number of carbonyl (C=O) groups excluding carboxylic acids is 1. The van der Waals surface area contributed by atoms with Gasteiger partial charge in [0.2, 0.25) is 0 Å². The van der Waals surface area contributed by atoms with Crippen LogP contribution in [0.2, 0.25) is 0 Å². The number of hydrogen-bond donors (Lipinski definition) is 0. The highest BCUT2D eigenvalue weighted by atomic mass is 16.6. The molecule has 0 aliphatic carbocycles. The summed E-state index contributed by atoms with van der Waals surface area (Å²) in [5.74, 6) is 1.64. The Kier molecular flexibility index (Phi) is 6.89. The lowest BCUT2D eigenvalue weighted by atomic mass is 10.1. The van der Waals surface area contributed by atoms with E-state index < -0.39 is 5.97 Å². The second-order valence-corrected chi connectivity index (χ2v) is 5.27. The number of benzene rings is 2. The van der Waals surface area contributed by atoms with E-state index in [1.54, 1.807) is 38.5 Å². The van der Waals surface area contributed by atoms with Gasteiger partial charge >= 0.3 is 5.97 Å². The minimum Gasteiger partial charge on any atom is -0.497 e. The van der Waals surface area contributed by atoms with Crippen LogP contribution in [-0.4, -0.2) is 33.4 Å². The monoisotopic (exact) mass is 342 g/mol. The average Bonchev–Trinajstić information content (AvgIpc) is 2.63. The van der Waals surface area contributed by atoms with E-state index in [1.807, 2.05) is 31.2 Å². The molecule has 2 aromatic rings. The Morgan fingerprint density at radius 1 is 1.00 bits per heavy atom. The Morgan fingerprint density at radius 2 is 1.84 bits per heavy atom. The van der Waals surface area contributed by atoms with Gasteiger partial charge in [-0.25, -0.2) is 4.79 Å². The zero-order valence-corrected chi connectivity index (χ0v) is 14.7. The molecule has 0 bridgehead atoms. The third kappa shape index (κ3) is 5.88. The van der Waals surface area contributed by atoms with E-state index >= 15 is 0 Å². The van der Waals surface area contributed by atoms with Gasteiger partial charge in [0.15, 0.2) is 0 Å². The molecule has 2 rings (SSSR count). The third-order valence-electron chi connectivity index (χ3n) is 3.42. The largest absolute Gasteiger partial charge is 0.497 e. The summed E-state index contributed by atoms with van der Waals surface area (Å²) < 4.78 is 21.1. The van der Waals surface area contributed by atoms with E-state index in [9.17, 15) is 4.79 Å². The Bertz CT molecular complexity index is 737. The van der Waals surface area contributed by atoms with Crippen molar-refractivity contribution in [3.8, 4) is 17.2 Å². The minimum absolute atomic E-state index is 0.173. The van der Waals surface area contributed by atoms with Crippen LogP contribution in [-0.2, 0) is 9.53 Å². The molecule has 0 aliphatic heterocycles. The van der Waals surface area contributed by atoms with Crippen LogP contribution in [0.1, 0.15) is 11.1 Å². The van der Waals surface area contributed by atoms with Crippen molar-refractivity contribution >= 4 is 12.0 Å². The van der Waals surface area contributed by atoms with E-state index in [2.05, 4.69) is 0 Å². The fraction of sp³-hybridized carbons (Fsp3) is 0.250. The van der Waals surface area contributed by atoms with Crippen molar-refractivity contribution in [2.45, 2.75) is 6.92 Å². The molecular formula is C20H22O5. The van der Waals surface area contributed by atoms with Crippen molar-refractivity contribution in [3.63, 3.8) is 0 Å². The van der Waals surface area contributed by atoms with Gasteiger partial charge in [-0.15, -0.1) is 0 Å². The molecule has 132 valence electrons. The van der Waals surface area contributed by atoms with Gasteiger partial charge in [-0.1, -0.05) is 12.1 Å². The Labute approximate surface area is 147 Å². The smallest absolute Gasteiger partial charge is 0.330 e. The van der Waals surface area contributed by atoms with Crippen LogP contribution in [0, 0.1) is 6.92 Å². The van der Waals surface area contributed by atoms with Gasteiger partial charge in [-0.05, 0) is 48.9 Å². The third-order valence-corrected chi connectivity index (χ3v) is 3.42. The molecule has 0 saturated heterocycles. The van der Waals surface area contributed by atoms with Gasteiger partial charge in [0.25, 0.3) is 0 Å². The summed E-state index contributed by atoms with van der Waals surface area (Å²) in [6, 6.07) is 13.0. The number of carbonyl (C=O) groups is 1. The van der Waals surface area contributed by atoms with Gasteiger partial charge in [0, 0.05) is 11.6 Å². The van der Waals surface area contributed by atoms with E-state index in [1.165, 1.54) is 6.08 Å². The summed E-state index contributed by atoms with van der Waals surface area (Å²) in [7, 11) is 3.15. The first-order valence-corrected chi connectivity index (χ1v) is 7.88. The van der Waals surface area contributed by atoms with Crippen molar-refractivity contribution in [2.24, 2.45) is 0 Å². The van der Waals surface area contributed by atoms with Crippen LogP contribution < -0.4 is 14.2 Å². The quantitative estimate of drug-likeness (QED) is 0.416. The van der Waals surface area contributed by atoms with Crippen LogP contribution in [0.15, 0.2) is 48.5 Å². The molecule has 0 radical (unpaired) electrons. The molecule has 0 amide bonds. The van der Waals surface area contributed by atoms with Crippen molar-refractivity contribution in [3.05, 3.63) is 59.7 Å². The molecule has 0 aromatic heterocycles. The summed E-state index contributed by atoms with van der Waals surface area (Å²) in [5, 5.41) is 0.